The van der Waals surface area contributed by atoms with Gasteiger partial charge in [-0.15, -0.1) is 0 Å². The molecule has 2 atom stereocenters. The van der Waals surface area contributed by atoms with E-state index in [9.17, 15) is 4.79 Å². The average Bonchev–Trinajstić information content (AvgIpc) is 2.87. The van der Waals surface area contributed by atoms with Crippen molar-refractivity contribution in [2.24, 2.45) is 0 Å². The Bertz CT molecular complexity index is 592. The third-order valence-corrected chi connectivity index (χ3v) is 3.39. The summed E-state index contributed by atoms with van der Waals surface area (Å²) >= 11 is 0. The Balaban J connectivity index is 2.05. The highest BCUT2D eigenvalue weighted by Gasteiger charge is 2.40. The first-order valence-corrected chi connectivity index (χ1v) is 6.19. The van der Waals surface area contributed by atoms with Gasteiger partial charge in [0.15, 0.2) is 0 Å². The third kappa shape index (κ3) is 1.97. The molecule has 0 N–H and O–H groups in total. The number of benzene rings is 2. The van der Waals surface area contributed by atoms with Crippen LogP contribution in [0, 0.1) is 0 Å². The summed E-state index contributed by atoms with van der Waals surface area (Å²) in [6.07, 6.45) is -0.314. The fraction of sp³-hybridized carbons (Fsp3) is 0.188. The molecule has 0 amide bonds. The molecule has 19 heavy (non-hydrogen) atoms. The van der Waals surface area contributed by atoms with Gasteiger partial charge in [-0.1, -0.05) is 48.5 Å². The second-order valence-electron chi connectivity index (χ2n) is 4.49. The average molecular weight is 254 g/mol. The van der Waals surface area contributed by atoms with Gasteiger partial charge in [-0.3, -0.25) is 4.79 Å². The SMILES string of the molecule is COC(=O)[C@H]1c2ccccc2O[C@@H]1c1ccccc1. The molecule has 0 bridgehead atoms. The van der Waals surface area contributed by atoms with E-state index in [1.54, 1.807) is 0 Å². The quantitative estimate of drug-likeness (QED) is 0.773. The molecule has 96 valence electrons. The Kier molecular flexibility index (Phi) is 2.95. The van der Waals surface area contributed by atoms with Crippen LogP contribution in [-0.4, -0.2) is 13.1 Å². The summed E-state index contributed by atoms with van der Waals surface area (Å²) in [6, 6.07) is 17.4. The van der Waals surface area contributed by atoms with Crippen LogP contribution in [0.2, 0.25) is 0 Å². The summed E-state index contributed by atoms with van der Waals surface area (Å²) in [5.41, 5.74) is 1.87. The van der Waals surface area contributed by atoms with Gasteiger partial charge in [-0.25, -0.2) is 0 Å². The highest BCUT2D eigenvalue weighted by Crippen LogP contribution is 2.46. The van der Waals surface area contributed by atoms with E-state index >= 15 is 0 Å². The molecule has 0 spiro atoms. The smallest absolute Gasteiger partial charge is 0.317 e. The number of hydrogen-bond acceptors (Lipinski definition) is 3. The van der Waals surface area contributed by atoms with Crippen molar-refractivity contribution >= 4 is 5.97 Å². The highest BCUT2D eigenvalue weighted by molar-refractivity contribution is 5.81. The van der Waals surface area contributed by atoms with Crippen molar-refractivity contribution in [3.8, 4) is 5.75 Å². The van der Waals surface area contributed by atoms with Crippen molar-refractivity contribution in [3.63, 3.8) is 0 Å². The minimum absolute atomic E-state index is 0.265. The number of carbonyl (C=O) groups is 1. The maximum absolute atomic E-state index is 12.1. The van der Waals surface area contributed by atoms with Crippen LogP contribution in [0.4, 0.5) is 0 Å². The van der Waals surface area contributed by atoms with E-state index in [1.165, 1.54) is 7.11 Å². The predicted octanol–water partition coefficient (Wildman–Crippen LogP) is 3.08. The summed E-state index contributed by atoms with van der Waals surface area (Å²) in [7, 11) is 1.41. The first-order chi connectivity index (χ1) is 9.31. The number of ether oxygens (including phenoxy) is 2. The summed E-state index contributed by atoms with van der Waals surface area (Å²) in [5, 5.41) is 0. The van der Waals surface area contributed by atoms with Crippen LogP contribution < -0.4 is 4.74 Å². The number of hydrogen-bond donors (Lipinski definition) is 0. The van der Waals surface area contributed by atoms with Crippen molar-refractivity contribution in [2.45, 2.75) is 12.0 Å². The van der Waals surface area contributed by atoms with Gasteiger partial charge in [0.1, 0.15) is 17.8 Å². The van der Waals surface area contributed by atoms with E-state index in [2.05, 4.69) is 0 Å². The first-order valence-electron chi connectivity index (χ1n) is 6.19. The van der Waals surface area contributed by atoms with Crippen LogP contribution in [0.25, 0.3) is 0 Å². The lowest BCUT2D eigenvalue weighted by molar-refractivity contribution is -0.144. The fourth-order valence-corrected chi connectivity index (χ4v) is 2.49. The molecule has 0 saturated carbocycles. The van der Waals surface area contributed by atoms with Gasteiger partial charge in [0.25, 0.3) is 0 Å². The number of methoxy groups -OCH3 is 1. The van der Waals surface area contributed by atoms with E-state index in [0.29, 0.717) is 0 Å². The van der Waals surface area contributed by atoms with Crippen molar-refractivity contribution in [1.29, 1.82) is 0 Å². The van der Waals surface area contributed by atoms with Crippen molar-refractivity contribution in [3.05, 3.63) is 65.7 Å². The number of rotatable bonds is 2. The van der Waals surface area contributed by atoms with Crippen LogP contribution in [0.3, 0.4) is 0 Å². The molecule has 0 fully saturated rings. The lowest BCUT2D eigenvalue weighted by atomic mass is 9.91. The molecule has 3 rings (SSSR count). The van der Waals surface area contributed by atoms with Crippen LogP contribution in [-0.2, 0) is 9.53 Å². The number of esters is 1. The van der Waals surface area contributed by atoms with Gasteiger partial charge in [-0.2, -0.15) is 0 Å². The summed E-state index contributed by atoms with van der Waals surface area (Å²) in [6.45, 7) is 0. The van der Waals surface area contributed by atoms with Crippen LogP contribution in [0.15, 0.2) is 54.6 Å². The van der Waals surface area contributed by atoms with Crippen molar-refractivity contribution in [2.75, 3.05) is 7.11 Å². The van der Waals surface area contributed by atoms with Crippen molar-refractivity contribution < 1.29 is 14.3 Å². The van der Waals surface area contributed by atoms with Gasteiger partial charge >= 0.3 is 5.97 Å². The molecule has 1 aliphatic heterocycles. The molecule has 3 heteroatoms. The summed E-state index contributed by atoms with van der Waals surface area (Å²) in [4.78, 5) is 12.1. The minimum atomic E-state index is -0.399. The topological polar surface area (TPSA) is 35.5 Å². The highest BCUT2D eigenvalue weighted by atomic mass is 16.5. The third-order valence-electron chi connectivity index (χ3n) is 3.39. The Morgan fingerprint density at radius 3 is 2.47 bits per heavy atom. The normalized spacial score (nSPS) is 20.5. The molecule has 0 saturated heterocycles. The second-order valence-corrected chi connectivity index (χ2v) is 4.49. The molecule has 2 aromatic rings. The Morgan fingerprint density at radius 2 is 1.74 bits per heavy atom. The molecule has 0 unspecified atom stereocenters. The standard InChI is InChI=1S/C16H14O3/c1-18-16(17)14-12-9-5-6-10-13(12)19-15(14)11-7-3-2-4-8-11/h2-10,14-15H,1H3/t14-,15+/m0/s1. The van der Waals surface area contributed by atoms with E-state index in [0.717, 1.165) is 16.9 Å². The minimum Gasteiger partial charge on any atom is -0.484 e. The Hall–Kier alpha value is -2.29. The van der Waals surface area contributed by atoms with E-state index < -0.39 is 5.92 Å². The van der Waals surface area contributed by atoms with E-state index in [-0.39, 0.29) is 12.1 Å². The van der Waals surface area contributed by atoms with Gasteiger partial charge in [0.05, 0.1) is 7.11 Å². The molecule has 0 aliphatic carbocycles. The van der Waals surface area contributed by atoms with Gasteiger partial charge in [-0.05, 0) is 11.6 Å². The van der Waals surface area contributed by atoms with E-state index in [4.69, 9.17) is 9.47 Å². The lowest BCUT2D eigenvalue weighted by Gasteiger charge is -2.17. The largest absolute Gasteiger partial charge is 0.484 e. The molecule has 0 radical (unpaired) electrons. The fourth-order valence-electron chi connectivity index (χ4n) is 2.49. The van der Waals surface area contributed by atoms with Crippen LogP contribution in [0.5, 0.6) is 5.75 Å². The zero-order chi connectivity index (χ0) is 13.2. The van der Waals surface area contributed by atoms with E-state index in [1.807, 2.05) is 54.6 Å². The molecule has 2 aromatic carbocycles. The molecular formula is C16H14O3. The predicted molar refractivity (Wildman–Crippen MR) is 71.0 cm³/mol. The zero-order valence-electron chi connectivity index (χ0n) is 10.6. The molecule has 3 nitrogen and oxygen atoms in total. The molecule has 0 aromatic heterocycles. The first kappa shape index (κ1) is 11.8. The molecule has 1 aliphatic rings. The molecule has 1 heterocycles. The van der Waals surface area contributed by atoms with Crippen LogP contribution in [0.1, 0.15) is 23.1 Å². The summed E-state index contributed by atoms with van der Waals surface area (Å²) in [5.74, 6) is 0.0918. The maximum Gasteiger partial charge on any atom is 0.317 e. The lowest BCUT2D eigenvalue weighted by Crippen LogP contribution is -2.20. The molecular weight excluding hydrogens is 240 g/mol. The maximum atomic E-state index is 12.1. The zero-order valence-corrected chi connectivity index (χ0v) is 10.6. The number of fused-ring (bicyclic) bond motifs is 1. The van der Waals surface area contributed by atoms with Gasteiger partial charge < -0.3 is 9.47 Å². The van der Waals surface area contributed by atoms with Gasteiger partial charge in [0, 0.05) is 5.56 Å². The number of para-hydroxylation sites is 1. The number of carbonyl (C=O) groups excluding carboxylic acids is 1. The van der Waals surface area contributed by atoms with Gasteiger partial charge in [0.2, 0.25) is 0 Å². The Morgan fingerprint density at radius 1 is 1.05 bits per heavy atom. The van der Waals surface area contributed by atoms with Crippen LogP contribution >= 0.6 is 0 Å². The second kappa shape index (κ2) is 4.76. The summed E-state index contributed by atoms with van der Waals surface area (Å²) < 4.78 is 10.9. The van der Waals surface area contributed by atoms with Crippen molar-refractivity contribution in [1.82, 2.24) is 0 Å². The monoisotopic (exact) mass is 254 g/mol. The Labute approximate surface area is 111 Å².